The molecule has 0 unspecified atom stereocenters. The van der Waals surface area contributed by atoms with Crippen LogP contribution >= 0.6 is 0 Å². The first-order valence-corrected chi connectivity index (χ1v) is 5.35. The van der Waals surface area contributed by atoms with E-state index in [9.17, 15) is 9.59 Å². The smallest absolute Gasteiger partial charge is 0.221 e. The van der Waals surface area contributed by atoms with Crippen LogP contribution in [0.25, 0.3) is 0 Å². The fraction of sp³-hybridized carbons (Fsp3) is 0.385. The van der Waals surface area contributed by atoms with Crippen molar-refractivity contribution in [2.75, 3.05) is 5.32 Å². The highest BCUT2D eigenvalue weighted by atomic mass is 16.1. The largest absolute Gasteiger partial charge is 0.326 e. The van der Waals surface area contributed by atoms with Crippen LogP contribution in [-0.2, 0) is 10.2 Å². The van der Waals surface area contributed by atoms with E-state index in [4.69, 9.17) is 0 Å². The highest BCUT2D eigenvalue weighted by molar-refractivity contribution is 6.03. The Morgan fingerprint density at radius 1 is 1.38 bits per heavy atom. The van der Waals surface area contributed by atoms with Crippen molar-refractivity contribution in [2.24, 2.45) is 0 Å². The van der Waals surface area contributed by atoms with Gasteiger partial charge >= 0.3 is 0 Å². The van der Waals surface area contributed by atoms with Gasteiger partial charge < -0.3 is 5.32 Å². The summed E-state index contributed by atoms with van der Waals surface area (Å²) in [5.41, 5.74) is 2.43. The molecule has 2 rings (SSSR count). The summed E-state index contributed by atoms with van der Waals surface area (Å²) in [6.45, 7) is 5.59. The van der Waals surface area contributed by atoms with E-state index in [-0.39, 0.29) is 17.1 Å². The Balaban J connectivity index is 2.44. The third-order valence-corrected chi connectivity index (χ3v) is 2.97. The number of hydrogen-bond acceptors (Lipinski definition) is 2. The van der Waals surface area contributed by atoms with Gasteiger partial charge in [0.2, 0.25) is 5.91 Å². The third kappa shape index (κ3) is 1.73. The quantitative estimate of drug-likeness (QED) is 0.785. The molecule has 0 fully saturated rings. The molecule has 0 aromatic heterocycles. The van der Waals surface area contributed by atoms with Crippen molar-refractivity contribution in [3.63, 3.8) is 0 Å². The van der Waals surface area contributed by atoms with E-state index >= 15 is 0 Å². The van der Waals surface area contributed by atoms with Gasteiger partial charge in [0.05, 0.1) is 0 Å². The van der Waals surface area contributed by atoms with Gasteiger partial charge in [0.15, 0.2) is 5.78 Å². The van der Waals surface area contributed by atoms with Crippen molar-refractivity contribution < 1.29 is 9.59 Å². The summed E-state index contributed by atoms with van der Waals surface area (Å²) < 4.78 is 0. The van der Waals surface area contributed by atoms with Crippen molar-refractivity contribution in [3.05, 3.63) is 29.3 Å². The van der Waals surface area contributed by atoms with Crippen LogP contribution in [0.4, 0.5) is 5.69 Å². The first-order valence-electron chi connectivity index (χ1n) is 5.35. The Kier molecular flexibility index (Phi) is 2.34. The van der Waals surface area contributed by atoms with E-state index in [0.29, 0.717) is 12.1 Å². The molecule has 1 N–H and O–H groups in total. The second-order valence-electron chi connectivity index (χ2n) is 4.93. The number of amides is 1. The minimum Gasteiger partial charge on any atom is -0.326 e. The second-order valence-corrected chi connectivity index (χ2v) is 4.93. The first-order chi connectivity index (χ1) is 7.40. The molecule has 0 spiro atoms. The van der Waals surface area contributed by atoms with Crippen molar-refractivity contribution in [1.29, 1.82) is 0 Å². The molecular formula is C13H15NO2. The summed E-state index contributed by atoms with van der Waals surface area (Å²) in [4.78, 5) is 22.7. The lowest BCUT2D eigenvalue weighted by Gasteiger charge is -2.17. The molecule has 3 heteroatoms. The van der Waals surface area contributed by atoms with Gasteiger partial charge in [-0.1, -0.05) is 19.9 Å². The topological polar surface area (TPSA) is 46.2 Å². The molecule has 1 aromatic carbocycles. The van der Waals surface area contributed by atoms with Crippen LogP contribution < -0.4 is 5.32 Å². The summed E-state index contributed by atoms with van der Waals surface area (Å²) in [6, 6.07) is 5.56. The van der Waals surface area contributed by atoms with Gasteiger partial charge in [0.1, 0.15) is 0 Å². The van der Waals surface area contributed by atoms with Gasteiger partial charge in [-0.25, -0.2) is 0 Å². The van der Waals surface area contributed by atoms with Gasteiger partial charge in [-0.3, -0.25) is 9.59 Å². The summed E-state index contributed by atoms with van der Waals surface area (Å²) in [7, 11) is 0. The molecular weight excluding hydrogens is 202 g/mol. The van der Waals surface area contributed by atoms with Crippen LogP contribution in [0.3, 0.4) is 0 Å². The summed E-state index contributed by atoms with van der Waals surface area (Å²) in [6.07, 6.45) is 0.547. The minimum atomic E-state index is -0.121. The van der Waals surface area contributed by atoms with Crippen molar-refractivity contribution in [2.45, 2.75) is 32.6 Å². The number of anilines is 1. The van der Waals surface area contributed by atoms with Gasteiger partial charge in [0, 0.05) is 24.6 Å². The highest BCUT2D eigenvalue weighted by Gasteiger charge is 2.35. The second kappa shape index (κ2) is 3.44. The standard InChI is InChI=1S/C13H15NO2/c1-8(15)14-9-4-5-11-10(6-9)12(16)7-13(11,2)3/h4-6H,7H2,1-3H3,(H,14,15). The van der Waals surface area contributed by atoms with Crippen LogP contribution in [-0.4, -0.2) is 11.7 Å². The van der Waals surface area contributed by atoms with Crippen LogP contribution in [0.15, 0.2) is 18.2 Å². The number of Topliss-reactive ketones (excluding diaryl/α,β-unsaturated/α-hetero) is 1. The molecule has 0 aliphatic heterocycles. The summed E-state index contributed by atoms with van der Waals surface area (Å²) >= 11 is 0. The maximum Gasteiger partial charge on any atom is 0.221 e. The Bertz CT molecular complexity index is 475. The molecule has 0 saturated heterocycles. The number of rotatable bonds is 1. The molecule has 3 nitrogen and oxygen atoms in total. The predicted molar refractivity (Wildman–Crippen MR) is 62.7 cm³/mol. The molecule has 16 heavy (non-hydrogen) atoms. The van der Waals surface area contributed by atoms with Gasteiger partial charge in [-0.2, -0.15) is 0 Å². The van der Waals surface area contributed by atoms with E-state index in [1.165, 1.54) is 6.92 Å². The van der Waals surface area contributed by atoms with Crippen LogP contribution in [0.2, 0.25) is 0 Å². The predicted octanol–water partition coefficient (Wildman–Crippen LogP) is 2.51. The fourth-order valence-electron chi connectivity index (χ4n) is 2.24. The Morgan fingerprint density at radius 2 is 2.06 bits per heavy atom. The number of hydrogen-bond donors (Lipinski definition) is 1. The van der Waals surface area contributed by atoms with E-state index in [1.54, 1.807) is 6.07 Å². The maximum absolute atomic E-state index is 11.8. The number of ketones is 1. The maximum atomic E-state index is 11.8. The van der Waals surface area contributed by atoms with Gasteiger partial charge in [-0.15, -0.1) is 0 Å². The van der Waals surface area contributed by atoms with Crippen LogP contribution in [0.5, 0.6) is 0 Å². The number of carbonyl (C=O) groups is 2. The highest BCUT2D eigenvalue weighted by Crippen LogP contribution is 2.39. The van der Waals surface area contributed by atoms with E-state index in [0.717, 1.165) is 11.1 Å². The number of fused-ring (bicyclic) bond motifs is 1. The van der Waals surface area contributed by atoms with E-state index in [2.05, 4.69) is 19.2 Å². The third-order valence-electron chi connectivity index (χ3n) is 2.97. The summed E-state index contributed by atoms with van der Waals surface area (Å²) in [5, 5.41) is 2.69. The van der Waals surface area contributed by atoms with Gasteiger partial charge in [0.25, 0.3) is 0 Å². The average Bonchev–Trinajstić information content (AvgIpc) is 2.36. The van der Waals surface area contributed by atoms with Crippen LogP contribution in [0.1, 0.15) is 43.1 Å². The molecule has 1 amide bonds. The summed E-state index contributed by atoms with van der Waals surface area (Å²) in [5.74, 6) is 0.0388. The van der Waals surface area contributed by atoms with Crippen LogP contribution in [0, 0.1) is 0 Å². The number of carbonyl (C=O) groups excluding carboxylic acids is 2. The zero-order valence-corrected chi connectivity index (χ0v) is 9.76. The molecule has 0 radical (unpaired) electrons. The SMILES string of the molecule is CC(=O)Nc1ccc2c(c1)C(=O)CC2(C)C. The van der Waals surface area contributed by atoms with Crippen molar-refractivity contribution >= 4 is 17.4 Å². The number of benzene rings is 1. The molecule has 84 valence electrons. The zero-order chi connectivity index (χ0) is 11.9. The normalized spacial score (nSPS) is 17.1. The monoisotopic (exact) mass is 217 g/mol. The molecule has 0 atom stereocenters. The Hall–Kier alpha value is -1.64. The Labute approximate surface area is 94.9 Å². The lowest BCUT2D eigenvalue weighted by atomic mass is 9.86. The lowest BCUT2D eigenvalue weighted by Crippen LogP contribution is -2.12. The Morgan fingerprint density at radius 3 is 2.69 bits per heavy atom. The van der Waals surface area contributed by atoms with E-state index < -0.39 is 0 Å². The molecule has 0 saturated carbocycles. The zero-order valence-electron chi connectivity index (χ0n) is 9.76. The van der Waals surface area contributed by atoms with Crippen molar-refractivity contribution in [1.82, 2.24) is 0 Å². The fourth-order valence-corrected chi connectivity index (χ4v) is 2.24. The molecule has 0 bridgehead atoms. The minimum absolute atomic E-state index is 0.0822. The molecule has 1 aliphatic carbocycles. The van der Waals surface area contributed by atoms with Gasteiger partial charge in [-0.05, 0) is 23.1 Å². The molecule has 1 aromatic rings. The number of nitrogens with one attached hydrogen (secondary N) is 1. The van der Waals surface area contributed by atoms with Crippen molar-refractivity contribution in [3.8, 4) is 0 Å². The first kappa shape index (κ1) is 10.9. The average molecular weight is 217 g/mol. The molecule has 0 heterocycles. The van der Waals surface area contributed by atoms with E-state index in [1.807, 2.05) is 12.1 Å². The lowest BCUT2D eigenvalue weighted by molar-refractivity contribution is -0.114. The molecule has 1 aliphatic rings.